The van der Waals surface area contributed by atoms with Crippen molar-refractivity contribution in [1.82, 2.24) is 9.97 Å². The third kappa shape index (κ3) is 3.27. The average Bonchev–Trinajstić information content (AvgIpc) is 2.73. The summed E-state index contributed by atoms with van der Waals surface area (Å²) in [5, 5.41) is 3.19. The number of pyridine rings is 1. The number of hydrogen-bond donors (Lipinski definition) is 0. The van der Waals surface area contributed by atoms with Crippen LogP contribution in [0.25, 0.3) is 10.6 Å². The number of hydrogen-bond acceptors (Lipinski definition) is 3. The molecule has 0 amide bonds. The van der Waals surface area contributed by atoms with Crippen molar-refractivity contribution >= 4 is 22.9 Å². The average molecular weight is 267 g/mol. The molecule has 90 valence electrons. The number of alkyl halides is 1. The SMILES string of the molecule is Cc1cc(-c2nc(CCCCl)cs2)cc(C)n1. The molecule has 17 heavy (non-hydrogen) atoms. The minimum Gasteiger partial charge on any atom is -0.258 e. The smallest absolute Gasteiger partial charge is 0.123 e. The van der Waals surface area contributed by atoms with Crippen LogP contribution < -0.4 is 0 Å². The molecular weight excluding hydrogens is 252 g/mol. The predicted molar refractivity (Wildman–Crippen MR) is 73.9 cm³/mol. The summed E-state index contributed by atoms with van der Waals surface area (Å²) in [5.41, 5.74) is 4.38. The Bertz CT molecular complexity index is 488. The largest absolute Gasteiger partial charge is 0.258 e. The Morgan fingerprint density at radius 1 is 1.18 bits per heavy atom. The van der Waals surface area contributed by atoms with Crippen molar-refractivity contribution in [2.24, 2.45) is 0 Å². The third-order valence-electron chi connectivity index (χ3n) is 2.45. The number of thiazole rings is 1. The van der Waals surface area contributed by atoms with Gasteiger partial charge >= 0.3 is 0 Å². The predicted octanol–water partition coefficient (Wildman–Crippen LogP) is 3.99. The van der Waals surface area contributed by atoms with Crippen molar-refractivity contribution in [2.45, 2.75) is 26.7 Å². The fourth-order valence-corrected chi connectivity index (χ4v) is 2.74. The van der Waals surface area contributed by atoms with Gasteiger partial charge in [0.2, 0.25) is 0 Å². The van der Waals surface area contributed by atoms with Crippen LogP contribution in [0.4, 0.5) is 0 Å². The van der Waals surface area contributed by atoms with E-state index in [4.69, 9.17) is 11.6 Å². The van der Waals surface area contributed by atoms with Gasteiger partial charge in [-0.15, -0.1) is 22.9 Å². The van der Waals surface area contributed by atoms with Gasteiger partial charge in [-0.3, -0.25) is 4.98 Å². The first-order valence-electron chi connectivity index (χ1n) is 5.65. The lowest BCUT2D eigenvalue weighted by Crippen LogP contribution is -1.89. The Morgan fingerprint density at radius 3 is 2.53 bits per heavy atom. The lowest BCUT2D eigenvalue weighted by Gasteiger charge is -2.00. The minimum atomic E-state index is 0.695. The van der Waals surface area contributed by atoms with Gasteiger partial charge in [-0.05, 0) is 38.8 Å². The van der Waals surface area contributed by atoms with E-state index in [1.165, 1.54) is 0 Å². The van der Waals surface area contributed by atoms with E-state index in [2.05, 4.69) is 27.5 Å². The molecular formula is C13H15ClN2S. The fraction of sp³-hybridized carbons (Fsp3) is 0.385. The highest BCUT2D eigenvalue weighted by molar-refractivity contribution is 7.13. The molecule has 0 unspecified atom stereocenters. The van der Waals surface area contributed by atoms with E-state index >= 15 is 0 Å². The molecule has 0 fully saturated rings. The lowest BCUT2D eigenvalue weighted by molar-refractivity contribution is 0.899. The Kier molecular flexibility index (Phi) is 4.13. The lowest BCUT2D eigenvalue weighted by atomic mass is 10.2. The van der Waals surface area contributed by atoms with Gasteiger partial charge in [-0.1, -0.05) is 0 Å². The molecule has 0 radical (unpaired) electrons. The van der Waals surface area contributed by atoms with Crippen LogP contribution in [0.5, 0.6) is 0 Å². The first kappa shape index (κ1) is 12.5. The van der Waals surface area contributed by atoms with Crippen LogP contribution in [0, 0.1) is 13.8 Å². The van der Waals surface area contributed by atoms with E-state index in [0.29, 0.717) is 5.88 Å². The van der Waals surface area contributed by atoms with E-state index in [1.54, 1.807) is 11.3 Å². The molecule has 0 spiro atoms. The van der Waals surface area contributed by atoms with Crippen LogP contribution in [-0.2, 0) is 6.42 Å². The molecule has 2 rings (SSSR count). The van der Waals surface area contributed by atoms with Crippen molar-refractivity contribution in [1.29, 1.82) is 0 Å². The zero-order valence-corrected chi connectivity index (χ0v) is 11.6. The molecule has 0 atom stereocenters. The van der Waals surface area contributed by atoms with Crippen molar-refractivity contribution in [3.63, 3.8) is 0 Å². The molecule has 4 heteroatoms. The molecule has 0 saturated carbocycles. The number of nitrogens with zero attached hydrogens (tertiary/aromatic N) is 2. The first-order valence-corrected chi connectivity index (χ1v) is 7.06. The van der Waals surface area contributed by atoms with Gasteiger partial charge in [0, 0.05) is 28.2 Å². The maximum absolute atomic E-state index is 5.68. The van der Waals surface area contributed by atoms with Crippen LogP contribution in [0.15, 0.2) is 17.5 Å². The van der Waals surface area contributed by atoms with Gasteiger partial charge in [0.05, 0.1) is 5.69 Å². The van der Waals surface area contributed by atoms with E-state index in [-0.39, 0.29) is 0 Å². The minimum absolute atomic E-state index is 0.695. The second kappa shape index (κ2) is 5.61. The van der Waals surface area contributed by atoms with Crippen molar-refractivity contribution < 1.29 is 0 Å². The van der Waals surface area contributed by atoms with Crippen molar-refractivity contribution in [2.75, 3.05) is 5.88 Å². The Labute approximate surface area is 111 Å². The highest BCUT2D eigenvalue weighted by Crippen LogP contribution is 2.25. The van der Waals surface area contributed by atoms with Gasteiger partial charge in [0.25, 0.3) is 0 Å². The maximum atomic E-state index is 5.68. The number of halogens is 1. The molecule has 0 aromatic carbocycles. The van der Waals surface area contributed by atoms with Crippen LogP contribution in [0.1, 0.15) is 23.5 Å². The highest BCUT2D eigenvalue weighted by atomic mass is 35.5. The van der Waals surface area contributed by atoms with Gasteiger partial charge in [0.1, 0.15) is 5.01 Å². The second-order valence-electron chi connectivity index (χ2n) is 4.08. The summed E-state index contributed by atoms with van der Waals surface area (Å²) in [6.07, 6.45) is 1.95. The van der Waals surface area contributed by atoms with Crippen molar-refractivity contribution in [3.8, 4) is 10.6 Å². The van der Waals surface area contributed by atoms with Gasteiger partial charge in [0.15, 0.2) is 0 Å². The van der Waals surface area contributed by atoms with E-state index in [1.807, 2.05) is 13.8 Å². The second-order valence-corrected chi connectivity index (χ2v) is 5.31. The topological polar surface area (TPSA) is 25.8 Å². The summed E-state index contributed by atoms with van der Waals surface area (Å²) in [5.74, 6) is 0.695. The van der Waals surface area contributed by atoms with Crippen molar-refractivity contribution in [3.05, 3.63) is 34.6 Å². The quantitative estimate of drug-likeness (QED) is 0.782. The molecule has 2 aromatic rings. The summed E-state index contributed by atoms with van der Waals surface area (Å²) in [7, 11) is 0. The zero-order chi connectivity index (χ0) is 12.3. The summed E-state index contributed by atoms with van der Waals surface area (Å²) < 4.78 is 0. The molecule has 0 aliphatic carbocycles. The normalized spacial score (nSPS) is 10.8. The molecule has 0 aliphatic rings. The summed E-state index contributed by atoms with van der Waals surface area (Å²) in [4.78, 5) is 9.01. The van der Waals surface area contributed by atoms with Crippen LogP contribution >= 0.6 is 22.9 Å². The van der Waals surface area contributed by atoms with Gasteiger partial charge in [-0.2, -0.15) is 0 Å². The standard InChI is InChI=1S/C13H15ClN2S/c1-9-6-11(7-10(2)15-9)13-16-12(8-17-13)4-3-5-14/h6-8H,3-5H2,1-2H3. The monoisotopic (exact) mass is 266 g/mol. The summed E-state index contributed by atoms with van der Waals surface area (Å²) >= 11 is 7.37. The third-order valence-corrected chi connectivity index (χ3v) is 3.65. The Balaban J connectivity index is 2.24. The molecule has 0 bridgehead atoms. The Hall–Kier alpha value is -0.930. The van der Waals surface area contributed by atoms with Crippen LogP contribution in [0.2, 0.25) is 0 Å². The van der Waals surface area contributed by atoms with E-state index < -0.39 is 0 Å². The molecule has 0 aliphatic heterocycles. The Morgan fingerprint density at radius 2 is 1.88 bits per heavy atom. The molecule has 2 heterocycles. The molecule has 2 nitrogen and oxygen atoms in total. The summed E-state index contributed by atoms with van der Waals surface area (Å²) in [6, 6.07) is 4.16. The van der Waals surface area contributed by atoms with Gasteiger partial charge < -0.3 is 0 Å². The number of aromatic nitrogens is 2. The number of aryl methyl sites for hydroxylation is 3. The van der Waals surface area contributed by atoms with Crippen LogP contribution in [-0.4, -0.2) is 15.8 Å². The molecule has 2 aromatic heterocycles. The van der Waals surface area contributed by atoms with E-state index in [9.17, 15) is 0 Å². The molecule has 0 N–H and O–H groups in total. The van der Waals surface area contributed by atoms with Gasteiger partial charge in [-0.25, -0.2) is 4.98 Å². The number of rotatable bonds is 4. The highest BCUT2D eigenvalue weighted by Gasteiger charge is 2.06. The first-order chi connectivity index (χ1) is 8.19. The summed E-state index contributed by atoms with van der Waals surface area (Å²) in [6.45, 7) is 4.02. The maximum Gasteiger partial charge on any atom is 0.123 e. The van der Waals surface area contributed by atoms with E-state index in [0.717, 1.165) is 40.5 Å². The fourth-order valence-electron chi connectivity index (χ4n) is 1.76. The zero-order valence-electron chi connectivity index (χ0n) is 10.0. The molecule has 0 saturated heterocycles. The van der Waals surface area contributed by atoms with Crippen LogP contribution in [0.3, 0.4) is 0 Å².